The van der Waals surface area contributed by atoms with Crippen molar-refractivity contribution in [1.82, 2.24) is 0 Å². The van der Waals surface area contributed by atoms with E-state index >= 15 is 0 Å². The minimum absolute atomic E-state index is 0.0651. The van der Waals surface area contributed by atoms with Crippen LogP contribution in [0.15, 0.2) is 12.1 Å². The molecule has 116 valence electrons. The molecule has 0 spiro atoms. The molecule has 1 aliphatic rings. The number of aromatic carboxylic acids is 1. The largest absolute Gasteiger partial charge is 0.478 e. The van der Waals surface area contributed by atoms with Crippen molar-refractivity contribution in [3.8, 4) is 0 Å². The van der Waals surface area contributed by atoms with Crippen LogP contribution in [0.4, 0.5) is 5.69 Å². The van der Waals surface area contributed by atoms with Crippen LogP contribution in [0.25, 0.3) is 0 Å². The third kappa shape index (κ3) is 3.03. The van der Waals surface area contributed by atoms with Crippen molar-refractivity contribution in [3.05, 3.63) is 28.3 Å². The predicted molar refractivity (Wildman–Crippen MR) is 87.8 cm³/mol. The van der Waals surface area contributed by atoms with Crippen LogP contribution >= 0.6 is 11.6 Å². The molecular weight excluding hydrogens is 286 g/mol. The minimum atomic E-state index is -0.958. The van der Waals surface area contributed by atoms with Crippen LogP contribution in [-0.4, -0.2) is 23.2 Å². The van der Waals surface area contributed by atoms with E-state index in [0.29, 0.717) is 10.9 Å². The monoisotopic (exact) mass is 309 g/mol. The lowest BCUT2D eigenvalue weighted by atomic mass is 9.79. The van der Waals surface area contributed by atoms with Gasteiger partial charge in [-0.3, -0.25) is 0 Å². The lowest BCUT2D eigenvalue weighted by molar-refractivity contribution is 0.0697. The van der Waals surface area contributed by atoms with Gasteiger partial charge in [0, 0.05) is 17.8 Å². The summed E-state index contributed by atoms with van der Waals surface area (Å²) < 4.78 is 0. The summed E-state index contributed by atoms with van der Waals surface area (Å²) in [4.78, 5) is 13.7. The van der Waals surface area contributed by atoms with Crippen molar-refractivity contribution < 1.29 is 9.90 Å². The summed E-state index contributed by atoms with van der Waals surface area (Å²) in [6.45, 7) is 9.83. The second-order valence-corrected chi connectivity index (χ2v) is 7.03. The number of carbonyl (C=O) groups is 1. The van der Waals surface area contributed by atoms with E-state index in [2.05, 4.69) is 32.6 Å². The first-order chi connectivity index (χ1) is 9.77. The number of nitrogens with zero attached hydrogens (tertiary/aromatic N) is 1. The fraction of sp³-hybridized carbons (Fsp3) is 0.588. The van der Waals surface area contributed by atoms with Gasteiger partial charge in [0.15, 0.2) is 0 Å². The number of rotatable bonds is 4. The van der Waals surface area contributed by atoms with Crippen molar-refractivity contribution in [2.75, 3.05) is 11.4 Å². The summed E-state index contributed by atoms with van der Waals surface area (Å²) >= 11 is 6.19. The highest BCUT2D eigenvalue weighted by molar-refractivity contribution is 6.33. The van der Waals surface area contributed by atoms with E-state index in [1.807, 2.05) is 6.07 Å². The molecular formula is C17H24ClNO2. The van der Waals surface area contributed by atoms with Gasteiger partial charge in [-0.15, -0.1) is 0 Å². The lowest BCUT2D eigenvalue weighted by Crippen LogP contribution is -2.48. The van der Waals surface area contributed by atoms with Gasteiger partial charge in [0.2, 0.25) is 0 Å². The highest BCUT2D eigenvalue weighted by Crippen LogP contribution is 2.45. The Labute approximate surface area is 131 Å². The summed E-state index contributed by atoms with van der Waals surface area (Å²) in [5, 5.41) is 9.59. The van der Waals surface area contributed by atoms with E-state index in [4.69, 9.17) is 11.6 Å². The first-order valence-electron chi connectivity index (χ1n) is 7.62. The summed E-state index contributed by atoms with van der Waals surface area (Å²) in [5.74, 6) is -0.622. The van der Waals surface area contributed by atoms with Gasteiger partial charge in [-0.1, -0.05) is 31.9 Å². The lowest BCUT2D eigenvalue weighted by Gasteiger charge is -2.48. The molecule has 0 bridgehead atoms. The standard InChI is InChI=1S/C17H24ClNO2/c1-5-6-7-19-15-9-14(18)13(16(20)21)8-12(15)11(2)10-17(19,3)4/h8-9,11H,5-7,10H2,1-4H3,(H,20,21)/t11-/m0/s1. The fourth-order valence-electron chi connectivity index (χ4n) is 3.41. The third-order valence-corrected chi connectivity index (χ3v) is 4.75. The van der Waals surface area contributed by atoms with Crippen LogP contribution in [-0.2, 0) is 0 Å². The van der Waals surface area contributed by atoms with Crippen molar-refractivity contribution in [3.63, 3.8) is 0 Å². The second kappa shape index (κ2) is 5.88. The summed E-state index contributed by atoms with van der Waals surface area (Å²) in [6, 6.07) is 3.60. The fourth-order valence-corrected chi connectivity index (χ4v) is 3.65. The number of unbranched alkanes of at least 4 members (excludes halogenated alkanes) is 1. The molecule has 0 saturated heterocycles. The summed E-state index contributed by atoms with van der Waals surface area (Å²) in [7, 11) is 0. The molecule has 0 aromatic heterocycles. The molecule has 3 nitrogen and oxygen atoms in total. The van der Waals surface area contributed by atoms with Crippen LogP contribution in [0.5, 0.6) is 0 Å². The Morgan fingerprint density at radius 1 is 1.48 bits per heavy atom. The molecule has 0 unspecified atom stereocenters. The van der Waals surface area contributed by atoms with Gasteiger partial charge in [-0.2, -0.15) is 0 Å². The molecule has 0 saturated carbocycles. The van der Waals surface area contributed by atoms with Gasteiger partial charge in [-0.25, -0.2) is 4.79 Å². The van der Waals surface area contributed by atoms with E-state index in [9.17, 15) is 9.90 Å². The topological polar surface area (TPSA) is 40.5 Å². The van der Waals surface area contributed by atoms with Crippen molar-refractivity contribution in [1.29, 1.82) is 0 Å². The average Bonchev–Trinajstić information content (AvgIpc) is 2.36. The SMILES string of the molecule is CCCCN1c2cc(Cl)c(C(=O)O)cc2[C@@H](C)CC1(C)C. The van der Waals surface area contributed by atoms with E-state index in [-0.39, 0.29) is 11.1 Å². The molecule has 0 aliphatic carbocycles. The van der Waals surface area contributed by atoms with Gasteiger partial charge in [0.1, 0.15) is 0 Å². The van der Waals surface area contributed by atoms with Gasteiger partial charge < -0.3 is 10.0 Å². The van der Waals surface area contributed by atoms with Crippen molar-refractivity contribution in [2.45, 2.75) is 58.4 Å². The van der Waals surface area contributed by atoms with Crippen LogP contribution < -0.4 is 4.90 Å². The number of hydrogen-bond acceptors (Lipinski definition) is 2. The maximum absolute atomic E-state index is 11.3. The molecule has 1 aromatic rings. The molecule has 1 heterocycles. The Morgan fingerprint density at radius 3 is 2.71 bits per heavy atom. The van der Waals surface area contributed by atoms with Gasteiger partial charge in [-0.05, 0) is 50.3 Å². The zero-order chi connectivity index (χ0) is 15.8. The van der Waals surface area contributed by atoms with E-state index < -0.39 is 5.97 Å². The highest BCUT2D eigenvalue weighted by atomic mass is 35.5. The van der Waals surface area contributed by atoms with Crippen molar-refractivity contribution in [2.24, 2.45) is 0 Å². The molecule has 1 N–H and O–H groups in total. The third-order valence-electron chi connectivity index (χ3n) is 4.44. The van der Waals surface area contributed by atoms with Crippen LogP contribution in [0, 0.1) is 0 Å². The Kier molecular flexibility index (Phi) is 4.52. The number of hydrogen-bond donors (Lipinski definition) is 1. The minimum Gasteiger partial charge on any atom is -0.478 e. The molecule has 1 atom stereocenters. The first kappa shape index (κ1) is 16.2. The van der Waals surface area contributed by atoms with Gasteiger partial charge in [0.25, 0.3) is 0 Å². The maximum Gasteiger partial charge on any atom is 0.337 e. The second-order valence-electron chi connectivity index (χ2n) is 6.62. The smallest absolute Gasteiger partial charge is 0.337 e. The number of halogens is 1. The molecule has 2 rings (SSSR count). The highest BCUT2D eigenvalue weighted by Gasteiger charge is 2.36. The van der Waals surface area contributed by atoms with Crippen LogP contribution in [0.2, 0.25) is 5.02 Å². The number of anilines is 1. The van der Waals surface area contributed by atoms with Crippen LogP contribution in [0.1, 0.15) is 68.8 Å². The molecule has 4 heteroatoms. The quantitative estimate of drug-likeness (QED) is 0.857. The Balaban J connectivity index is 2.54. The van der Waals surface area contributed by atoms with Gasteiger partial charge >= 0.3 is 5.97 Å². The summed E-state index contributed by atoms with van der Waals surface area (Å²) in [6.07, 6.45) is 3.28. The van der Waals surface area contributed by atoms with E-state index in [0.717, 1.165) is 37.1 Å². The molecule has 1 aromatic carbocycles. The maximum atomic E-state index is 11.3. The zero-order valence-corrected chi connectivity index (χ0v) is 14.0. The van der Waals surface area contributed by atoms with Gasteiger partial charge in [0.05, 0.1) is 10.6 Å². The number of benzene rings is 1. The zero-order valence-electron chi connectivity index (χ0n) is 13.2. The Bertz CT molecular complexity index is 554. The number of carboxylic acids is 1. The Morgan fingerprint density at radius 2 is 2.14 bits per heavy atom. The number of carboxylic acid groups (broad SMARTS) is 1. The normalized spacial score (nSPS) is 20.2. The molecule has 21 heavy (non-hydrogen) atoms. The first-order valence-corrected chi connectivity index (χ1v) is 8.00. The molecule has 0 radical (unpaired) electrons. The number of fused-ring (bicyclic) bond motifs is 1. The Hall–Kier alpha value is -1.22. The average molecular weight is 310 g/mol. The molecule has 0 amide bonds. The van der Waals surface area contributed by atoms with E-state index in [1.54, 1.807) is 6.07 Å². The van der Waals surface area contributed by atoms with Crippen LogP contribution in [0.3, 0.4) is 0 Å². The van der Waals surface area contributed by atoms with E-state index in [1.165, 1.54) is 0 Å². The van der Waals surface area contributed by atoms with Crippen molar-refractivity contribution >= 4 is 23.3 Å². The predicted octanol–water partition coefficient (Wildman–Crippen LogP) is 4.93. The molecule has 0 fully saturated rings. The summed E-state index contributed by atoms with van der Waals surface area (Å²) in [5.41, 5.74) is 2.47. The molecule has 1 aliphatic heterocycles.